The molecule has 0 unspecified atom stereocenters. The number of aryl methyl sites for hydroxylation is 1. The van der Waals surface area contributed by atoms with Crippen LogP contribution in [0.5, 0.6) is 5.75 Å². The van der Waals surface area contributed by atoms with Crippen LogP contribution in [0.15, 0.2) is 51.3 Å². The van der Waals surface area contributed by atoms with Crippen LogP contribution in [0.3, 0.4) is 0 Å². The number of hydrogen-bond donors (Lipinski definition) is 0. The Morgan fingerprint density at radius 1 is 1.12 bits per heavy atom. The lowest BCUT2D eigenvalue weighted by Gasteiger charge is -2.12. The van der Waals surface area contributed by atoms with E-state index in [-0.39, 0.29) is 0 Å². The smallest absolute Gasteiger partial charge is 0.203 e. The summed E-state index contributed by atoms with van der Waals surface area (Å²) in [6, 6.07) is 11.9. The van der Waals surface area contributed by atoms with Crippen molar-refractivity contribution in [3.8, 4) is 22.1 Å². The Hall–Kier alpha value is -2.23. The Morgan fingerprint density at radius 2 is 2.00 bits per heavy atom. The van der Waals surface area contributed by atoms with Crippen LogP contribution in [0.1, 0.15) is 5.82 Å². The summed E-state index contributed by atoms with van der Waals surface area (Å²) in [5.41, 5.74) is 0.891. The van der Waals surface area contributed by atoms with Crippen molar-refractivity contribution in [2.75, 3.05) is 7.11 Å². The molecule has 0 radical (unpaired) electrons. The van der Waals surface area contributed by atoms with Crippen molar-refractivity contribution in [3.63, 3.8) is 0 Å². The molecular weight excluding hydrogens is 374 g/mol. The van der Waals surface area contributed by atoms with Gasteiger partial charge in [-0.15, -0.1) is 21.5 Å². The Kier molecular flexibility index (Phi) is 4.51. The predicted octanol–water partition coefficient (Wildman–Crippen LogP) is 4.32. The molecule has 0 saturated heterocycles. The predicted molar refractivity (Wildman–Crippen MR) is 100.0 cm³/mol. The van der Waals surface area contributed by atoms with E-state index >= 15 is 0 Å². The third-order valence-electron chi connectivity index (χ3n) is 3.39. The first kappa shape index (κ1) is 16.2. The molecule has 0 aliphatic rings. The molecule has 0 fully saturated rings. The summed E-state index contributed by atoms with van der Waals surface area (Å²) in [6.45, 7) is 1.88. The monoisotopic (exact) mass is 387 g/mol. The first-order valence-electron chi connectivity index (χ1n) is 7.37. The second-order valence-corrected chi connectivity index (χ2v) is 7.91. The number of nitrogens with zero attached hydrogens (tertiary/aromatic N) is 5. The highest BCUT2D eigenvalue weighted by molar-refractivity contribution is 8.00. The van der Waals surface area contributed by atoms with E-state index in [0.29, 0.717) is 0 Å². The zero-order valence-corrected chi connectivity index (χ0v) is 15.9. The highest BCUT2D eigenvalue weighted by Crippen LogP contribution is 2.36. The third kappa shape index (κ3) is 3.17. The van der Waals surface area contributed by atoms with Crippen LogP contribution < -0.4 is 4.74 Å². The van der Waals surface area contributed by atoms with E-state index in [1.165, 1.54) is 23.3 Å². The lowest BCUT2D eigenvalue weighted by molar-refractivity contribution is 0.412. The van der Waals surface area contributed by atoms with Crippen molar-refractivity contribution < 1.29 is 4.74 Å². The van der Waals surface area contributed by atoms with E-state index in [9.17, 15) is 0 Å². The Labute approximate surface area is 156 Å². The van der Waals surface area contributed by atoms with Gasteiger partial charge in [0.15, 0.2) is 10.2 Å². The normalized spacial score (nSPS) is 11.0. The van der Waals surface area contributed by atoms with Gasteiger partial charge in [-0.3, -0.25) is 4.57 Å². The van der Waals surface area contributed by atoms with Gasteiger partial charge in [0.1, 0.15) is 11.6 Å². The summed E-state index contributed by atoms with van der Waals surface area (Å²) in [5, 5.41) is 11.6. The van der Waals surface area contributed by atoms with Crippen molar-refractivity contribution in [1.82, 2.24) is 24.1 Å². The third-order valence-corrected chi connectivity index (χ3v) is 6.04. The van der Waals surface area contributed by atoms with Crippen LogP contribution in [-0.4, -0.2) is 31.2 Å². The highest BCUT2D eigenvalue weighted by Gasteiger charge is 2.20. The molecule has 0 aliphatic carbocycles. The standard InChI is InChI=1S/C16H13N5OS3/c1-10-17-16(25-20-10)24-15-19-18-14(13-8-5-9-23-13)21(15)11-6-3-4-7-12(11)22-2/h3-9H,1-2H3. The number of hydrogen-bond acceptors (Lipinski definition) is 8. The summed E-state index contributed by atoms with van der Waals surface area (Å²) >= 11 is 4.43. The molecule has 0 spiro atoms. The van der Waals surface area contributed by atoms with Gasteiger partial charge < -0.3 is 4.74 Å². The number of rotatable bonds is 5. The Balaban J connectivity index is 1.87. The molecule has 126 valence electrons. The second kappa shape index (κ2) is 6.95. The average Bonchev–Trinajstić information content (AvgIpc) is 3.36. The first-order valence-corrected chi connectivity index (χ1v) is 9.84. The molecule has 4 aromatic rings. The SMILES string of the molecule is COc1ccccc1-n1c(Sc2nc(C)ns2)nnc1-c1cccs1. The molecule has 25 heavy (non-hydrogen) atoms. The number of aromatic nitrogens is 5. The van der Waals surface area contributed by atoms with Gasteiger partial charge in [-0.05, 0) is 53.8 Å². The van der Waals surface area contributed by atoms with Crippen LogP contribution in [0.25, 0.3) is 16.4 Å². The number of ether oxygens (including phenoxy) is 1. The highest BCUT2D eigenvalue weighted by atomic mass is 32.2. The van der Waals surface area contributed by atoms with Gasteiger partial charge in [0.25, 0.3) is 0 Å². The molecule has 0 aliphatic heterocycles. The van der Waals surface area contributed by atoms with E-state index in [0.717, 1.165) is 37.5 Å². The molecule has 4 rings (SSSR count). The van der Waals surface area contributed by atoms with Crippen LogP contribution in [0.2, 0.25) is 0 Å². The van der Waals surface area contributed by atoms with Crippen LogP contribution in [0, 0.1) is 6.92 Å². The van der Waals surface area contributed by atoms with Gasteiger partial charge in [-0.25, -0.2) is 4.98 Å². The van der Waals surface area contributed by atoms with Crippen LogP contribution in [0.4, 0.5) is 0 Å². The lowest BCUT2D eigenvalue weighted by Crippen LogP contribution is -2.01. The van der Waals surface area contributed by atoms with Gasteiger partial charge in [-0.1, -0.05) is 18.2 Å². The molecule has 0 atom stereocenters. The van der Waals surface area contributed by atoms with E-state index in [1.807, 2.05) is 53.3 Å². The minimum absolute atomic E-state index is 0.726. The summed E-state index contributed by atoms with van der Waals surface area (Å²) < 4.78 is 12.6. The van der Waals surface area contributed by atoms with Crippen LogP contribution >= 0.6 is 34.6 Å². The van der Waals surface area contributed by atoms with Gasteiger partial charge in [-0.2, -0.15) is 4.37 Å². The van der Waals surface area contributed by atoms with Gasteiger partial charge in [0, 0.05) is 0 Å². The molecule has 3 heterocycles. The molecule has 9 heteroatoms. The number of para-hydroxylation sites is 2. The fourth-order valence-electron chi connectivity index (χ4n) is 2.33. The minimum atomic E-state index is 0.726. The number of methoxy groups -OCH3 is 1. The molecular formula is C16H13N5OS3. The molecule has 0 bridgehead atoms. The van der Waals surface area contributed by atoms with E-state index in [4.69, 9.17) is 4.74 Å². The molecule has 3 aromatic heterocycles. The maximum Gasteiger partial charge on any atom is 0.203 e. The number of benzene rings is 1. The molecule has 0 N–H and O–H groups in total. The van der Waals surface area contributed by atoms with E-state index in [1.54, 1.807) is 18.4 Å². The van der Waals surface area contributed by atoms with E-state index < -0.39 is 0 Å². The Morgan fingerprint density at radius 3 is 2.72 bits per heavy atom. The molecule has 1 aromatic carbocycles. The number of thiophene rings is 1. The van der Waals surface area contributed by atoms with Gasteiger partial charge in [0.2, 0.25) is 5.16 Å². The van der Waals surface area contributed by atoms with Crippen molar-refractivity contribution >= 4 is 34.6 Å². The van der Waals surface area contributed by atoms with E-state index in [2.05, 4.69) is 19.6 Å². The summed E-state index contributed by atoms with van der Waals surface area (Å²) in [4.78, 5) is 5.46. The van der Waals surface area contributed by atoms with Crippen LogP contribution in [-0.2, 0) is 0 Å². The molecule has 6 nitrogen and oxygen atoms in total. The van der Waals surface area contributed by atoms with Gasteiger partial charge >= 0.3 is 0 Å². The van der Waals surface area contributed by atoms with Crippen molar-refractivity contribution in [1.29, 1.82) is 0 Å². The Bertz CT molecular complexity index is 993. The van der Waals surface area contributed by atoms with Crippen molar-refractivity contribution in [2.45, 2.75) is 16.4 Å². The quantitative estimate of drug-likeness (QED) is 0.508. The summed E-state index contributed by atoms with van der Waals surface area (Å²) in [7, 11) is 1.66. The van der Waals surface area contributed by atoms with Gasteiger partial charge in [0.05, 0.1) is 17.7 Å². The van der Waals surface area contributed by atoms with Crippen molar-refractivity contribution in [3.05, 3.63) is 47.6 Å². The summed E-state index contributed by atoms with van der Waals surface area (Å²) in [5.74, 6) is 2.30. The molecule has 0 amide bonds. The first-order chi connectivity index (χ1) is 12.3. The lowest BCUT2D eigenvalue weighted by atomic mass is 10.3. The zero-order chi connectivity index (χ0) is 17.2. The maximum absolute atomic E-state index is 5.54. The minimum Gasteiger partial charge on any atom is -0.495 e. The fraction of sp³-hybridized carbons (Fsp3) is 0.125. The van der Waals surface area contributed by atoms with Crippen molar-refractivity contribution in [2.24, 2.45) is 0 Å². The summed E-state index contributed by atoms with van der Waals surface area (Å²) in [6.07, 6.45) is 0. The average molecular weight is 388 g/mol. The zero-order valence-electron chi connectivity index (χ0n) is 13.4. The topological polar surface area (TPSA) is 65.7 Å². The fourth-order valence-corrected chi connectivity index (χ4v) is 4.63. The largest absolute Gasteiger partial charge is 0.495 e. The maximum atomic E-state index is 5.54. The molecule has 0 saturated carbocycles. The second-order valence-electron chi connectivity index (χ2n) is 5.00.